The van der Waals surface area contributed by atoms with Gasteiger partial charge in [0, 0.05) is 12.5 Å². The molecule has 3 nitrogen and oxygen atoms in total. The summed E-state index contributed by atoms with van der Waals surface area (Å²) in [4.78, 5) is 7.83. The summed E-state index contributed by atoms with van der Waals surface area (Å²) < 4.78 is 0. The lowest BCUT2D eigenvalue weighted by Gasteiger charge is -2.15. The second-order valence-electron chi connectivity index (χ2n) is 2.88. The van der Waals surface area contributed by atoms with Crippen molar-refractivity contribution < 1.29 is 0 Å². The third-order valence-corrected chi connectivity index (χ3v) is 2.14. The molecule has 1 aromatic rings. The van der Waals surface area contributed by atoms with Crippen molar-refractivity contribution in [3.05, 3.63) is 17.5 Å². The number of hydrogen-bond donors (Lipinski definition) is 1. The van der Waals surface area contributed by atoms with E-state index in [9.17, 15) is 0 Å². The summed E-state index contributed by atoms with van der Waals surface area (Å²) in [5.41, 5.74) is 0. The predicted molar refractivity (Wildman–Crippen MR) is 58.2 cm³/mol. The Bertz CT molecular complexity index is 332. The Morgan fingerprint density at radius 2 is 2.50 bits per heavy atom. The Morgan fingerprint density at radius 3 is 3.07 bits per heavy atom. The first-order valence-corrected chi connectivity index (χ1v) is 4.81. The number of anilines is 1. The molecule has 1 rings (SSSR count). The van der Waals surface area contributed by atoms with Crippen molar-refractivity contribution in [3.63, 3.8) is 0 Å². The number of rotatable bonds is 4. The molecule has 74 valence electrons. The van der Waals surface area contributed by atoms with Gasteiger partial charge in [-0.2, -0.15) is 0 Å². The summed E-state index contributed by atoms with van der Waals surface area (Å²) in [6.07, 6.45) is 9.85. The normalized spacial score (nSPS) is 11.8. The molecule has 0 aromatic carbocycles. The van der Waals surface area contributed by atoms with Crippen LogP contribution in [0, 0.1) is 12.3 Å². The summed E-state index contributed by atoms with van der Waals surface area (Å²) >= 11 is 5.89. The van der Waals surface area contributed by atoms with Crippen LogP contribution in [-0.2, 0) is 0 Å². The van der Waals surface area contributed by atoms with Crippen LogP contribution in [0.5, 0.6) is 0 Å². The van der Waals surface area contributed by atoms with E-state index in [1.165, 1.54) is 6.33 Å². The molecule has 0 radical (unpaired) electrons. The van der Waals surface area contributed by atoms with Crippen molar-refractivity contribution in [2.75, 3.05) is 5.32 Å². The quantitative estimate of drug-likeness (QED) is 0.774. The third kappa shape index (κ3) is 2.90. The van der Waals surface area contributed by atoms with Gasteiger partial charge in [-0.05, 0) is 6.42 Å². The maximum atomic E-state index is 5.89. The van der Waals surface area contributed by atoms with Gasteiger partial charge in [0.05, 0.1) is 6.20 Å². The van der Waals surface area contributed by atoms with Crippen LogP contribution in [0.15, 0.2) is 12.5 Å². The molecule has 1 heterocycles. The highest BCUT2D eigenvalue weighted by Crippen LogP contribution is 2.18. The zero-order valence-electron chi connectivity index (χ0n) is 8.00. The maximum absolute atomic E-state index is 5.89. The number of hydrogen-bond acceptors (Lipinski definition) is 3. The predicted octanol–water partition coefficient (Wildman–Crippen LogP) is 2.34. The summed E-state index contributed by atoms with van der Waals surface area (Å²) in [7, 11) is 0. The zero-order chi connectivity index (χ0) is 10.4. The number of terminal acetylenes is 1. The van der Waals surface area contributed by atoms with Gasteiger partial charge in [0.2, 0.25) is 0 Å². The molecule has 1 aromatic heterocycles. The van der Waals surface area contributed by atoms with Crippen LogP contribution in [-0.4, -0.2) is 16.0 Å². The van der Waals surface area contributed by atoms with Crippen molar-refractivity contribution in [3.8, 4) is 12.3 Å². The topological polar surface area (TPSA) is 37.8 Å². The SMILES string of the molecule is C#CCC(CC)Nc1ncncc1Cl. The molecule has 0 amide bonds. The monoisotopic (exact) mass is 209 g/mol. The van der Waals surface area contributed by atoms with E-state index in [1.807, 2.05) is 0 Å². The lowest BCUT2D eigenvalue weighted by Crippen LogP contribution is -2.18. The largest absolute Gasteiger partial charge is 0.365 e. The van der Waals surface area contributed by atoms with Crippen LogP contribution >= 0.6 is 11.6 Å². The van der Waals surface area contributed by atoms with Gasteiger partial charge in [-0.1, -0.05) is 18.5 Å². The van der Waals surface area contributed by atoms with E-state index in [0.717, 1.165) is 6.42 Å². The molecule has 0 saturated heterocycles. The van der Waals surface area contributed by atoms with E-state index in [-0.39, 0.29) is 6.04 Å². The number of nitrogens with one attached hydrogen (secondary N) is 1. The zero-order valence-corrected chi connectivity index (χ0v) is 8.75. The van der Waals surface area contributed by atoms with E-state index in [0.29, 0.717) is 17.3 Å². The number of aromatic nitrogens is 2. The van der Waals surface area contributed by atoms with Crippen molar-refractivity contribution in [2.45, 2.75) is 25.8 Å². The number of halogens is 1. The Labute approximate surface area is 88.9 Å². The van der Waals surface area contributed by atoms with Gasteiger partial charge in [-0.15, -0.1) is 12.3 Å². The Morgan fingerprint density at radius 1 is 1.71 bits per heavy atom. The van der Waals surface area contributed by atoms with Crippen molar-refractivity contribution in [1.29, 1.82) is 0 Å². The minimum absolute atomic E-state index is 0.215. The summed E-state index contributed by atoms with van der Waals surface area (Å²) in [6, 6.07) is 0.215. The number of nitrogens with zero attached hydrogens (tertiary/aromatic N) is 2. The van der Waals surface area contributed by atoms with Crippen molar-refractivity contribution in [2.24, 2.45) is 0 Å². The van der Waals surface area contributed by atoms with E-state index in [4.69, 9.17) is 18.0 Å². The molecular formula is C10H12ClN3. The van der Waals surface area contributed by atoms with Crippen LogP contribution in [0.1, 0.15) is 19.8 Å². The lowest BCUT2D eigenvalue weighted by atomic mass is 10.1. The molecule has 0 saturated carbocycles. The highest BCUT2D eigenvalue weighted by Gasteiger charge is 2.07. The van der Waals surface area contributed by atoms with Crippen molar-refractivity contribution in [1.82, 2.24) is 9.97 Å². The van der Waals surface area contributed by atoms with Gasteiger partial charge >= 0.3 is 0 Å². The fraction of sp³-hybridized carbons (Fsp3) is 0.400. The fourth-order valence-electron chi connectivity index (χ4n) is 1.05. The Balaban J connectivity index is 2.68. The lowest BCUT2D eigenvalue weighted by molar-refractivity contribution is 0.711. The maximum Gasteiger partial charge on any atom is 0.148 e. The first kappa shape index (κ1) is 10.8. The average Bonchev–Trinajstić information content (AvgIpc) is 2.20. The van der Waals surface area contributed by atoms with Crippen LogP contribution in [0.4, 0.5) is 5.82 Å². The molecule has 0 aliphatic heterocycles. The molecular weight excluding hydrogens is 198 g/mol. The van der Waals surface area contributed by atoms with E-state index in [2.05, 4.69) is 28.1 Å². The first-order chi connectivity index (χ1) is 6.77. The summed E-state index contributed by atoms with van der Waals surface area (Å²) in [5.74, 6) is 3.25. The summed E-state index contributed by atoms with van der Waals surface area (Å²) in [5, 5.41) is 3.69. The molecule has 0 bridgehead atoms. The smallest absolute Gasteiger partial charge is 0.148 e. The van der Waals surface area contributed by atoms with Crippen LogP contribution in [0.25, 0.3) is 0 Å². The Hall–Kier alpha value is -1.27. The minimum atomic E-state index is 0.215. The molecule has 0 aliphatic carbocycles. The molecule has 1 unspecified atom stereocenters. The second-order valence-corrected chi connectivity index (χ2v) is 3.28. The molecule has 0 aliphatic rings. The standard InChI is InChI=1S/C10H12ClN3/c1-3-5-8(4-2)14-10-9(11)6-12-7-13-10/h1,6-8H,4-5H2,2H3,(H,12,13,14). The highest BCUT2D eigenvalue weighted by atomic mass is 35.5. The third-order valence-electron chi connectivity index (χ3n) is 1.87. The molecule has 0 spiro atoms. The minimum Gasteiger partial charge on any atom is -0.365 e. The molecule has 0 fully saturated rings. The van der Waals surface area contributed by atoms with Gasteiger partial charge in [-0.25, -0.2) is 9.97 Å². The van der Waals surface area contributed by atoms with Crippen molar-refractivity contribution >= 4 is 17.4 Å². The Kier molecular flexibility index (Phi) is 4.21. The van der Waals surface area contributed by atoms with E-state index in [1.54, 1.807) is 6.20 Å². The van der Waals surface area contributed by atoms with Gasteiger partial charge in [0.15, 0.2) is 0 Å². The molecule has 1 N–H and O–H groups in total. The van der Waals surface area contributed by atoms with Gasteiger partial charge < -0.3 is 5.32 Å². The molecule has 14 heavy (non-hydrogen) atoms. The van der Waals surface area contributed by atoms with E-state index < -0.39 is 0 Å². The second kappa shape index (κ2) is 5.46. The van der Waals surface area contributed by atoms with Crippen LogP contribution < -0.4 is 5.32 Å². The van der Waals surface area contributed by atoms with Crippen LogP contribution in [0.3, 0.4) is 0 Å². The summed E-state index contributed by atoms with van der Waals surface area (Å²) in [6.45, 7) is 2.06. The van der Waals surface area contributed by atoms with Gasteiger partial charge in [0.1, 0.15) is 17.2 Å². The first-order valence-electron chi connectivity index (χ1n) is 4.43. The van der Waals surface area contributed by atoms with Gasteiger partial charge in [0.25, 0.3) is 0 Å². The van der Waals surface area contributed by atoms with Gasteiger partial charge in [-0.3, -0.25) is 0 Å². The molecule has 4 heteroatoms. The van der Waals surface area contributed by atoms with Crippen LogP contribution in [0.2, 0.25) is 5.02 Å². The average molecular weight is 210 g/mol. The highest BCUT2D eigenvalue weighted by molar-refractivity contribution is 6.32. The van der Waals surface area contributed by atoms with E-state index >= 15 is 0 Å². The fourth-order valence-corrected chi connectivity index (χ4v) is 1.21. The molecule has 1 atom stereocenters.